The first kappa shape index (κ1) is 30.6. The zero-order valence-corrected chi connectivity index (χ0v) is 24.8. The van der Waals surface area contributed by atoms with Gasteiger partial charge in [-0.15, -0.1) is 0 Å². The van der Waals surface area contributed by atoms with Crippen molar-refractivity contribution >= 4 is 52.2 Å². The van der Waals surface area contributed by atoms with E-state index in [-0.39, 0.29) is 17.9 Å². The fourth-order valence-corrected chi connectivity index (χ4v) is 4.70. The molecule has 0 atom stereocenters. The van der Waals surface area contributed by atoms with Gasteiger partial charge in [-0.3, -0.25) is 9.59 Å². The van der Waals surface area contributed by atoms with Gasteiger partial charge in [-0.2, -0.15) is 4.98 Å². The van der Waals surface area contributed by atoms with Crippen LogP contribution in [0.4, 0.5) is 28.8 Å². The van der Waals surface area contributed by atoms with Crippen molar-refractivity contribution in [1.82, 2.24) is 20.2 Å². The summed E-state index contributed by atoms with van der Waals surface area (Å²) in [7, 11) is 5.17. The molecular formula is C30H36ClN7O4. The molecule has 0 saturated carbocycles. The third kappa shape index (κ3) is 7.68. The summed E-state index contributed by atoms with van der Waals surface area (Å²) in [5.41, 5.74) is 2.65. The Morgan fingerprint density at radius 2 is 1.93 bits per heavy atom. The predicted octanol–water partition coefficient (Wildman–Crippen LogP) is 4.62. The van der Waals surface area contributed by atoms with Gasteiger partial charge in [-0.05, 0) is 43.2 Å². The lowest BCUT2D eigenvalue weighted by atomic mass is 10.1. The molecule has 0 radical (unpaired) electrons. The Balaban J connectivity index is 1.37. The van der Waals surface area contributed by atoms with Gasteiger partial charge >= 0.3 is 0 Å². The average Bonchev–Trinajstić information content (AvgIpc) is 3.02. The van der Waals surface area contributed by atoms with Gasteiger partial charge in [0.05, 0.1) is 43.0 Å². The van der Waals surface area contributed by atoms with E-state index in [1.165, 1.54) is 12.3 Å². The Morgan fingerprint density at radius 1 is 1.17 bits per heavy atom. The number of methoxy groups -OCH3 is 1. The molecule has 3 aromatic rings. The number of carbonyl (C=O) groups is 2. The second kappa shape index (κ2) is 14.5. The molecule has 2 aromatic carbocycles. The largest absolute Gasteiger partial charge is 0.494 e. The van der Waals surface area contributed by atoms with Crippen molar-refractivity contribution in [3.8, 4) is 5.75 Å². The minimum atomic E-state index is -0.231. The topological polar surface area (TPSA) is 121 Å². The third-order valence-electron chi connectivity index (χ3n) is 6.98. The van der Waals surface area contributed by atoms with Crippen molar-refractivity contribution in [3.63, 3.8) is 0 Å². The number of benzene rings is 2. The van der Waals surface area contributed by atoms with E-state index in [9.17, 15) is 9.59 Å². The second-order valence-corrected chi connectivity index (χ2v) is 10.1. The highest BCUT2D eigenvalue weighted by Crippen LogP contribution is 2.32. The molecule has 42 heavy (non-hydrogen) atoms. The fourth-order valence-electron chi connectivity index (χ4n) is 4.57. The lowest BCUT2D eigenvalue weighted by molar-refractivity contribution is -0.128. The number of amides is 2. The van der Waals surface area contributed by atoms with E-state index in [0.717, 1.165) is 18.5 Å². The molecule has 1 saturated heterocycles. The van der Waals surface area contributed by atoms with E-state index < -0.39 is 0 Å². The Labute approximate surface area is 250 Å². The number of anilines is 5. The van der Waals surface area contributed by atoms with Crippen LogP contribution in [0.5, 0.6) is 5.75 Å². The summed E-state index contributed by atoms with van der Waals surface area (Å²) >= 11 is 6.37. The number of carbonyl (C=O) groups excluding carboxylic acids is 2. The van der Waals surface area contributed by atoms with Crippen molar-refractivity contribution in [2.24, 2.45) is 0 Å². The molecule has 1 fully saturated rings. The number of para-hydroxylation sites is 1. The Bertz CT molecular complexity index is 1410. The highest BCUT2D eigenvalue weighted by atomic mass is 35.5. The zero-order valence-electron chi connectivity index (χ0n) is 24.0. The van der Waals surface area contributed by atoms with Crippen LogP contribution in [0.15, 0.2) is 61.3 Å². The Kier molecular flexibility index (Phi) is 10.6. The molecule has 1 aliphatic rings. The van der Waals surface area contributed by atoms with E-state index in [4.69, 9.17) is 21.1 Å². The molecule has 0 spiro atoms. The minimum absolute atomic E-state index is 0.0246. The number of rotatable bonds is 12. The maximum Gasteiger partial charge on any atom is 0.253 e. The van der Waals surface area contributed by atoms with Gasteiger partial charge in [-0.1, -0.05) is 30.3 Å². The predicted molar refractivity (Wildman–Crippen MR) is 165 cm³/mol. The fraction of sp³-hybridized carbons (Fsp3) is 0.333. The highest BCUT2D eigenvalue weighted by Gasteiger charge is 2.22. The smallest absolute Gasteiger partial charge is 0.253 e. The maximum atomic E-state index is 12.3. The van der Waals surface area contributed by atoms with E-state index in [1.54, 1.807) is 37.3 Å². The molecule has 2 amide bonds. The molecule has 1 aliphatic heterocycles. The molecule has 0 unspecified atom stereocenters. The molecule has 0 bridgehead atoms. The van der Waals surface area contributed by atoms with Crippen LogP contribution in [0.25, 0.3) is 0 Å². The van der Waals surface area contributed by atoms with Crippen molar-refractivity contribution in [2.75, 3.05) is 63.0 Å². The van der Waals surface area contributed by atoms with Crippen LogP contribution in [0.2, 0.25) is 5.02 Å². The average molecular weight is 594 g/mol. The van der Waals surface area contributed by atoms with E-state index in [1.807, 2.05) is 31.3 Å². The number of nitrogens with one attached hydrogen (secondary N) is 3. The van der Waals surface area contributed by atoms with E-state index >= 15 is 0 Å². The first-order valence-electron chi connectivity index (χ1n) is 13.6. The number of ether oxygens (including phenoxy) is 2. The molecule has 222 valence electrons. The highest BCUT2D eigenvalue weighted by molar-refractivity contribution is 6.33. The lowest BCUT2D eigenvalue weighted by Crippen LogP contribution is -2.40. The lowest BCUT2D eigenvalue weighted by Gasteiger charge is -2.31. The summed E-state index contributed by atoms with van der Waals surface area (Å²) in [5, 5.41) is 9.25. The SMILES string of the molecule is C=CC(=O)N1CCC(OCCN(C)c2ccc(Nc3ncc(Cl)c(Nc4ccccc4C(=O)NC)n3)c(OC)c2)CC1. The number of hydrogen-bond donors (Lipinski definition) is 3. The van der Waals surface area contributed by atoms with Crippen LogP contribution in [-0.4, -0.2) is 80.2 Å². The van der Waals surface area contributed by atoms with Crippen LogP contribution in [-0.2, 0) is 9.53 Å². The molecule has 0 aliphatic carbocycles. The zero-order chi connectivity index (χ0) is 30.1. The van der Waals surface area contributed by atoms with Gasteiger partial charge in [0, 0.05) is 45.5 Å². The summed E-state index contributed by atoms with van der Waals surface area (Å²) in [6.45, 7) is 6.19. The van der Waals surface area contributed by atoms with Crippen LogP contribution >= 0.6 is 11.6 Å². The number of likely N-dealkylation sites (N-methyl/N-ethyl adjacent to an activating group) is 1. The van der Waals surface area contributed by atoms with Gasteiger partial charge in [0.25, 0.3) is 5.91 Å². The maximum absolute atomic E-state index is 12.3. The minimum Gasteiger partial charge on any atom is -0.494 e. The summed E-state index contributed by atoms with van der Waals surface area (Å²) in [4.78, 5) is 36.8. The van der Waals surface area contributed by atoms with Crippen molar-refractivity contribution in [2.45, 2.75) is 18.9 Å². The third-order valence-corrected chi connectivity index (χ3v) is 7.25. The summed E-state index contributed by atoms with van der Waals surface area (Å²) in [6, 6.07) is 12.9. The van der Waals surface area contributed by atoms with Gasteiger partial charge < -0.3 is 35.2 Å². The number of aromatic nitrogens is 2. The van der Waals surface area contributed by atoms with Gasteiger partial charge in [0.1, 0.15) is 10.8 Å². The van der Waals surface area contributed by atoms with Crippen LogP contribution in [0.3, 0.4) is 0 Å². The van der Waals surface area contributed by atoms with Crippen molar-refractivity contribution in [3.05, 3.63) is 71.9 Å². The Hall–Kier alpha value is -4.35. The second-order valence-electron chi connectivity index (χ2n) is 9.67. The summed E-state index contributed by atoms with van der Waals surface area (Å²) in [5.74, 6) is 0.998. The molecule has 2 heterocycles. The monoisotopic (exact) mass is 593 g/mol. The number of likely N-dealkylation sites (tertiary alicyclic amines) is 1. The van der Waals surface area contributed by atoms with Gasteiger partial charge in [-0.25, -0.2) is 4.98 Å². The summed E-state index contributed by atoms with van der Waals surface area (Å²) in [6.07, 6.45) is 4.63. The quantitative estimate of drug-likeness (QED) is 0.258. The Morgan fingerprint density at radius 3 is 2.64 bits per heavy atom. The first-order valence-corrected chi connectivity index (χ1v) is 14.0. The molecular weight excluding hydrogens is 558 g/mol. The number of nitrogens with zero attached hydrogens (tertiary/aromatic N) is 4. The van der Waals surface area contributed by atoms with Crippen molar-refractivity contribution < 1.29 is 19.1 Å². The molecule has 11 nitrogen and oxygen atoms in total. The summed E-state index contributed by atoms with van der Waals surface area (Å²) < 4.78 is 11.7. The van der Waals surface area contributed by atoms with Gasteiger partial charge in [0.2, 0.25) is 11.9 Å². The molecule has 12 heteroatoms. The first-order chi connectivity index (χ1) is 20.3. The standard InChI is InChI=1S/C30H36ClN7O4/c1-5-27(39)38-14-12-21(13-15-38)42-17-16-37(3)20-10-11-25(26(18-20)41-4)35-30-33-19-23(31)28(36-30)34-24-9-7-6-8-22(24)29(40)32-2/h5-11,18-19,21H,1,12-17H2,2-4H3,(H,32,40)(H2,33,34,35,36). The van der Waals surface area contributed by atoms with E-state index in [2.05, 4.69) is 37.4 Å². The van der Waals surface area contributed by atoms with Gasteiger partial charge in [0.15, 0.2) is 5.82 Å². The number of halogens is 1. The molecule has 4 rings (SSSR count). The van der Waals surface area contributed by atoms with E-state index in [0.29, 0.717) is 65.7 Å². The molecule has 3 N–H and O–H groups in total. The van der Waals surface area contributed by atoms with Crippen LogP contribution in [0.1, 0.15) is 23.2 Å². The van der Waals surface area contributed by atoms with Crippen LogP contribution in [0, 0.1) is 0 Å². The number of hydrogen-bond acceptors (Lipinski definition) is 9. The normalized spacial score (nSPS) is 13.3. The molecule has 1 aromatic heterocycles. The van der Waals surface area contributed by atoms with Crippen molar-refractivity contribution in [1.29, 1.82) is 0 Å². The van der Waals surface area contributed by atoms with Crippen LogP contribution < -0.4 is 25.6 Å². The number of piperidine rings is 1.